The predicted octanol–water partition coefficient (Wildman–Crippen LogP) is 4.15. The SMILES string of the molecule is CC(C)[C@H](CO)NCc1nc(-c2ccc3ccccc3c2)ccc1F. The molecular weight excluding hydrogens is 315 g/mol. The van der Waals surface area contributed by atoms with Gasteiger partial charge in [-0.3, -0.25) is 0 Å². The van der Waals surface area contributed by atoms with Crippen molar-refractivity contribution in [3.63, 3.8) is 0 Å². The largest absolute Gasteiger partial charge is 0.395 e. The van der Waals surface area contributed by atoms with E-state index >= 15 is 0 Å². The van der Waals surface area contributed by atoms with E-state index in [0.717, 1.165) is 22.0 Å². The molecule has 3 rings (SSSR count). The minimum absolute atomic E-state index is 0.0175. The van der Waals surface area contributed by atoms with E-state index in [1.54, 1.807) is 6.07 Å². The number of benzene rings is 2. The number of fused-ring (bicyclic) bond motifs is 1. The van der Waals surface area contributed by atoms with Gasteiger partial charge in [0.25, 0.3) is 0 Å². The Balaban J connectivity index is 1.87. The quantitative estimate of drug-likeness (QED) is 0.710. The minimum atomic E-state index is -0.336. The third-order valence-electron chi connectivity index (χ3n) is 4.50. The second-order valence-corrected chi connectivity index (χ2v) is 6.60. The number of aromatic nitrogens is 1. The number of nitrogens with one attached hydrogen (secondary N) is 1. The molecule has 1 aromatic heterocycles. The summed E-state index contributed by atoms with van der Waals surface area (Å²) in [4.78, 5) is 4.50. The van der Waals surface area contributed by atoms with Gasteiger partial charge in [-0.05, 0) is 34.9 Å². The molecular formula is C21H23FN2O. The Morgan fingerprint density at radius 3 is 2.52 bits per heavy atom. The van der Waals surface area contributed by atoms with Crippen LogP contribution in [0, 0.1) is 11.7 Å². The molecule has 0 amide bonds. The highest BCUT2D eigenvalue weighted by atomic mass is 19.1. The molecule has 0 unspecified atom stereocenters. The lowest BCUT2D eigenvalue weighted by Crippen LogP contribution is -2.36. The van der Waals surface area contributed by atoms with E-state index in [0.29, 0.717) is 5.69 Å². The number of hydrogen-bond acceptors (Lipinski definition) is 3. The molecule has 0 bridgehead atoms. The van der Waals surface area contributed by atoms with E-state index in [9.17, 15) is 9.50 Å². The lowest BCUT2D eigenvalue weighted by atomic mass is 10.0. The van der Waals surface area contributed by atoms with Crippen LogP contribution in [0.1, 0.15) is 19.5 Å². The van der Waals surface area contributed by atoms with Crippen molar-refractivity contribution in [1.29, 1.82) is 0 Å². The van der Waals surface area contributed by atoms with Crippen molar-refractivity contribution in [2.75, 3.05) is 6.61 Å². The lowest BCUT2D eigenvalue weighted by Gasteiger charge is -2.20. The molecule has 0 fully saturated rings. The molecule has 3 nitrogen and oxygen atoms in total. The van der Waals surface area contributed by atoms with E-state index < -0.39 is 0 Å². The highest BCUT2D eigenvalue weighted by Gasteiger charge is 2.14. The summed E-state index contributed by atoms with van der Waals surface area (Å²) in [5.41, 5.74) is 2.07. The van der Waals surface area contributed by atoms with Crippen LogP contribution < -0.4 is 5.32 Å². The van der Waals surface area contributed by atoms with Crippen molar-refractivity contribution in [3.05, 3.63) is 66.1 Å². The fourth-order valence-electron chi connectivity index (χ4n) is 2.86. The highest BCUT2D eigenvalue weighted by molar-refractivity contribution is 5.86. The minimum Gasteiger partial charge on any atom is -0.395 e. The number of halogens is 1. The summed E-state index contributed by atoms with van der Waals surface area (Å²) in [7, 11) is 0. The van der Waals surface area contributed by atoms with Gasteiger partial charge in [0.2, 0.25) is 0 Å². The van der Waals surface area contributed by atoms with E-state index in [1.165, 1.54) is 6.07 Å². The van der Waals surface area contributed by atoms with E-state index in [4.69, 9.17) is 0 Å². The zero-order valence-electron chi connectivity index (χ0n) is 14.5. The number of pyridine rings is 1. The van der Waals surface area contributed by atoms with Crippen molar-refractivity contribution in [2.45, 2.75) is 26.4 Å². The summed E-state index contributed by atoms with van der Waals surface area (Å²) in [6, 6.07) is 17.3. The lowest BCUT2D eigenvalue weighted by molar-refractivity contribution is 0.209. The molecule has 2 N–H and O–H groups in total. The number of nitrogens with zero attached hydrogens (tertiary/aromatic N) is 1. The molecule has 0 aliphatic carbocycles. The topological polar surface area (TPSA) is 45.1 Å². The average molecular weight is 338 g/mol. The van der Waals surface area contributed by atoms with Crippen LogP contribution >= 0.6 is 0 Å². The van der Waals surface area contributed by atoms with Gasteiger partial charge in [0, 0.05) is 18.2 Å². The first-order valence-electron chi connectivity index (χ1n) is 8.57. The molecule has 25 heavy (non-hydrogen) atoms. The van der Waals surface area contributed by atoms with E-state index in [1.807, 2.05) is 38.1 Å². The summed E-state index contributed by atoms with van der Waals surface area (Å²) in [5.74, 6) is -0.0748. The fraction of sp³-hybridized carbons (Fsp3) is 0.286. The average Bonchev–Trinajstić information content (AvgIpc) is 2.63. The Labute approximate surface area is 147 Å². The summed E-state index contributed by atoms with van der Waals surface area (Å²) in [6.45, 7) is 4.34. The van der Waals surface area contributed by atoms with Crippen molar-refractivity contribution in [2.24, 2.45) is 5.92 Å². The van der Waals surface area contributed by atoms with Gasteiger partial charge in [0.1, 0.15) is 5.82 Å². The third kappa shape index (κ3) is 4.03. The van der Waals surface area contributed by atoms with Crippen molar-refractivity contribution in [3.8, 4) is 11.3 Å². The van der Waals surface area contributed by atoms with Crippen LogP contribution in [0.2, 0.25) is 0 Å². The third-order valence-corrected chi connectivity index (χ3v) is 4.50. The first-order chi connectivity index (χ1) is 12.1. The zero-order chi connectivity index (χ0) is 17.8. The Hall–Kier alpha value is -2.30. The predicted molar refractivity (Wildman–Crippen MR) is 99.7 cm³/mol. The Morgan fingerprint density at radius 1 is 1.04 bits per heavy atom. The molecule has 2 aromatic carbocycles. The zero-order valence-corrected chi connectivity index (χ0v) is 14.5. The standard InChI is InChI=1S/C21H23FN2O/c1-14(2)21(13-25)23-12-20-18(22)9-10-19(24-20)17-8-7-15-5-3-4-6-16(15)11-17/h3-11,14,21,23,25H,12-13H2,1-2H3/t21-/m0/s1. The highest BCUT2D eigenvalue weighted by Crippen LogP contribution is 2.24. The van der Waals surface area contributed by atoms with Gasteiger partial charge in [0.05, 0.1) is 18.0 Å². The Bertz CT molecular complexity index is 863. The molecule has 3 aromatic rings. The molecule has 130 valence electrons. The summed E-state index contributed by atoms with van der Waals surface area (Å²) < 4.78 is 14.1. The normalized spacial score (nSPS) is 12.7. The molecule has 0 saturated heterocycles. The van der Waals surface area contributed by atoms with Gasteiger partial charge in [0.15, 0.2) is 0 Å². The summed E-state index contributed by atoms with van der Waals surface area (Å²) in [6.07, 6.45) is 0. The van der Waals surface area contributed by atoms with Crippen LogP contribution in [-0.2, 0) is 6.54 Å². The maximum absolute atomic E-state index is 14.1. The van der Waals surface area contributed by atoms with Crippen LogP contribution in [0.4, 0.5) is 4.39 Å². The molecule has 4 heteroatoms. The Morgan fingerprint density at radius 2 is 1.80 bits per heavy atom. The van der Waals surface area contributed by atoms with Crippen LogP contribution in [0.5, 0.6) is 0 Å². The second-order valence-electron chi connectivity index (χ2n) is 6.60. The molecule has 0 aliphatic heterocycles. The molecule has 0 aliphatic rings. The first-order valence-corrected chi connectivity index (χ1v) is 8.57. The van der Waals surface area contributed by atoms with Crippen molar-refractivity contribution in [1.82, 2.24) is 10.3 Å². The molecule has 0 spiro atoms. The maximum atomic E-state index is 14.1. The van der Waals surface area contributed by atoms with Gasteiger partial charge >= 0.3 is 0 Å². The van der Waals surface area contributed by atoms with Crippen molar-refractivity contribution >= 4 is 10.8 Å². The van der Waals surface area contributed by atoms with Gasteiger partial charge < -0.3 is 10.4 Å². The molecule has 0 radical (unpaired) electrons. The van der Waals surface area contributed by atoms with Gasteiger partial charge in [-0.2, -0.15) is 0 Å². The number of aliphatic hydroxyl groups is 1. The summed E-state index contributed by atoms with van der Waals surface area (Å²) >= 11 is 0. The number of aliphatic hydroxyl groups excluding tert-OH is 1. The fourth-order valence-corrected chi connectivity index (χ4v) is 2.86. The molecule has 1 heterocycles. The van der Waals surface area contributed by atoms with Crippen LogP contribution in [0.3, 0.4) is 0 Å². The van der Waals surface area contributed by atoms with Crippen LogP contribution in [-0.4, -0.2) is 22.7 Å². The van der Waals surface area contributed by atoms with Gasteiger partial charge in [-0.1, -0.05) is 50.2 Å². The monoisotopic (exact) mass is 338 g/mol. The van der Waals surface area contributed by atoms with Crippen LogP contribution in [0.25, 0.3) is 22.0 Å². The summed E-state index contributed by atoms with van der Waals surface area (Å²) in [5, 5.41) is 14.9. The number of rotatable bonds is 6. The Kier molecular flexibility index (Phi) is 5.41. The van der Waals surface area contributed by atoms with Crippen molar-refractivity contribution < 1.29 is 9.50 Å². The van der Waals surface area contributed by atoms with E-state index in [2.05, 4.69) is 28.5 Å². The number of hydrogen-bond donors (Lipinski definition) is 2. The molecule has 0 saturated carbocycles. The smallest absolute Gasteiger partial charge is 0.146 e. The van der Waals surface area contributed by atoms with Crippen LogP contribution in [0.15, 0.2) is 54.6 Å². The second kappa shape index (κ2) is 7.72. The van der Waals surface area contributed by atoms with Gasteiger partial charge in [-0.15, -0.1) is 0 Å². The maximum Gasteiger partial charge on any atom is 0.146 e. The van der Waals surface area contributed by atoms with Gasteiger partial charge in [-0.25, -0.2) is 9.37 Å². The van der Waals surface area contributed by atoms with E-state index in [-0.39, 0.29) is 30.9 Å². The first kappa shape index (κ1) is 17.5. The molecule has 1 atom stereocenters.